The Balaban J connectivity index is 2.14. The molecule has 21 heavy (non-hydrogen) atoms. The van der Waals surface area contributed by atoms with Gasteiger partial charge in [0.25, 0.3) is 5.69 Å². The van der Waals surface area contributed by atoms with Crippen LogP contribution in [0.3, 0.4) is 0 Å². The summed E-state index contributed by atoms with van der Waals surface area (Å²) >= 11 is 0. The molecule has 0 amide bonds. The third-order valence-corrected chi connectivity index (χ3v) is 3.14. The first-order valence-corrected chi connectivity index (χ1v) is 6.91. The molecule has 2 aromatic rings. The lowest BCUT2D eigenvalue weighted by molar-refractivity contribution is -0.385. The second-order valence-electron chi connectivity index (χ2n) is 4.71. The Kier molecular flexibility index (Phi) is 4.99. The van der Waals surface area contributed by atoms with E-state index in [4.69, 9.17) is 4.42 Å². The summed E-state index contributed by atoms with van der Waals surface area (Å²) in [5, 5.41) is 22.2. The van der Waals surface area contributed by atoms with Gasteiger partial charge < -0.3 is 9.73 Å². The maximum absolute atomic E-state index is 10.9. The van der Waals surface area contributed by atoms with E-state index >= 15 is 0 Å². The molecule has 0 aliphatic heterocycles. The molecule has 1 heterocycles. The second kappa shape index (κ2) is 6.94. The van der Waals surface area contributed by atoms with Crippen LogP contribution in [-0.4, -0.2) is 28.2 Å². The van der Waals surface area contributed by atoms with Crippen molar-refractivity contribution < 1.29 is 9.34 Å². The molecule has 0 saturated heterocycles. The SMILES string of the molecule is CCCNCCc1nnc(-c2cccc([N+](=O)[O-])c2C)o1. The van der Waals surface area contributed by atoms with E-state index in [1.54, 1.807) is 19.1 Å². The van der Waals surface area contributed by atoms with E-state index < -0.39 is 4.92 Å². The molecule has 0 bridgehead atoms. The van der Waals surface area contributed by atoms with Crippen molar-refractivity contribution >= 4 is 5.69 Å². The molecule has 0 unspecified atom stereocenters. The number of rotatable bonds is 7. The number of nitro groups is 1. The highest BCUT2D eigenvalue weighted by Crippen LogP contribution is 2.28. The Morgan fingerprint density at radius 1 is 1.33 bits per heavy atom. The van der Waals surface area contributed by atoms with Crippen LogP contribution in [0.5, 0.6) is 0 Å². The fourth-order valence-electron chi connectivity index (χ4n) is 2.01. The van der Waals surface area contributed by atoms with Gasteiger partial charge in [0.15, 0.2) is 0 Å². The van der Waals surface area contributed by atoms with Gasteiger partial charge in [0.05, 0.1) is 4.92 Å². The van der Waals surface area contributed by atoms with Gasteiger partial charge in [-0.05, 0) is 26.0 Å². The number of hydrogen-bond acceptors (Lipinski definition) is 6. The van der Waals surface area contributed by atoms with Crippen LogP contribution in [0.2, 0.25) is 0 Å². The maximum Gasteiger partial charge on any atom is 0.273 e. The minimum absolute atomic E-state index is 0.0527. The molecule has 7 nitrogen and oxygen atoms in total. The number of nitro benzene ring substituents is 1. The Bertz CT molecular complexity index is 624. The lowest BCUT2D eigenvalue weighted by atomic mass is 10.1. The molecule has 112 valence electrons. The highest BCUT2D eigenvalue weighted by molar-refractivity contribution is 5.64. The van der Waals surface area contributed by atoms with Crippen LogP contribution in [0.4, 0.5) is 5.69 Å². The molecule has 0 fully saturated rings. The van der Waals surface area contributed by atoms with Crippen LogP contribution in [0.15, 0.2) is 22.6 Å². The van der Waals surface area contributed by atoms with Crippen molar-refractivity contribution in [2.24, 2.45) is 0 Å². The zero-order valence-corrected chi connectivity index (χ0v) is 12.1. The van der Waals surface area contributed by atoms with Crippen LogP contribution in [-0.2, 0) is 6.42 Å². The van der Waals surface area contributed by atoms with E-state index in [9.17, 15) is 10.1 Å². The minimum atomic E-state index is -0.412. The van der Waals surface area contributed by atoms with Gasteiger partial charge in [-0.2, -0.15) is 0 Å². The second-order valence-corrected chi connectivity index (χ2v) is 4.71. The summed E-state index contributed by atoms with van der Waals surface area (Å²) in [6, 6.07) is 4.83. The molecular formula is C14H18N4O3. The van der Waals surface area contributed by atoms with E-state index in [1.165, 1.54) is 6.07 Å². The Labute approximate surface area is 122 Å². The normalized spacial score (nSPS) is 10.8. The van der Waals surface area contributed by atoms with Crippen LogP contribution >= 0.6 is 0 Å². The summed E-state index contributed by atoms with van der Waals surface area (Å²) in [6.07, 6.45) is 1.71. The van der Waals surface area contributed by atoms with E-state index in [1.807, 2.05) is 0 Å². The van der Waals surface area contributed by atoms with Gasteiger partial charge in [0.1, 0.15) is 0 Å². The Hall–Kier alpha value is -2.28. The highest BCUT2D eigenvalue weighted by atomic mass is 16.6. The Morgan fingerprint density at radius 3 is 2.86 bits per heavy atom. The van der Waals surface area contributed by atoms with Crippen molar-refractivity contribution in [2.45, 2.75) is 26.7 Å². The number of nitrogens with zero attached hydrogens (tertiary/aromatic N) is 3. The monoisotopic (exact) mass is 290 g/mol. The van der Waals surface area contributed by atoms with Gasteiger partial charge in [-0.15, -0.1) is 10.2 Å². The van der Waals surface area contributed by atoms with Crippen molar-refractivity contribution in [3.05, 3.63) is 39.8 Å². The summed E-state index contributed by atoms with van der Waals surface area (Å²) < 4.78 is 5.58. The third-order valence-electron chi connectivity index (χ3n) is 3.14. The first-order chi connectivity index (χ1) is 10.1. The van der Waals surface area contributed by atoms with Crippen molar-refractivity contribution in [2.75, 3.05) is 13.1 Å². The smallest absolute Gasteiger partial charge is 0.273 e. The standard InChI is InChI=1S/C14H18N4O3/c1-3-8-15-9-7-13-16-17-14(21-13)11-5-4-6-12(10(11)2)18(19)20/h4-6,15H,3,7-9H2,1-2H3. The number of aromatic nitrogens is 2. The number of benzene rings is 1. The first-order valence-electron chi connectivity index (χ1n) is 6.91. The van der Waals surface area contributed by atoms with Crippen molar-refractivity contribution in [3.63, 3.8) is 0 Å². The summed E-state index contributed by atoms with van der Waals surface area (Å²) in [5.74, 6) is 0.848. The van der Waals surface area contributed by atoms with E-state index in [0.717, 1.165) is 19.5 Å². The summed E-state index contributed by atoms with van der Waals surface area (Å²) in [6.45, 7) is 5.50. The molecule has 0 saturated carbocycles. The summed E-state index contributed by atoms with van der Waals surface area (Å²) in [5.41, 5.74) is 1.18. The predicted molar refractivity (Wildman–Crippen MR) is 78.0 cm³/mol. The highest BCUT2D eigenvalue weighted by Gasteiger charge is 2.18. The number of nitrogens with one attached hydrogen (secondary N) is 1. The molecule has 1 aromatic heterocycles. The Morgan fingerprint density at radius 2 is 2.14 bits per heavy atom. The largest absolute Gasteiger partial charge is 0.421 e. The quantitative estimate of drug-likeness (QED) is 0.478. The van der Waals surface area contributed by atoms with Gasteiger partial charge in [0, 0.05) is 30.2 Å². The van der Waals surface area contributed by atoms with Crippen LogP contribution < -0.4 is 5.32 Å². The molecule has 1 N–H and O–H groups in total. The van der Waals surface area contributed by atoms with Crippen LogP contribution in [0, 0.1) is 17.0 Å². The zero-order chi connectivity index (χ0) is 15.2. The lowest BCUT2D eigenvalue weighted by Gasteiger charge is -2.01. The first kappa shape index (κ1) is 15.1. The molecule has 0 aliphatic carbocycles. The molecule has 7 heteroatoms. The fourth-order valence-corrected chi connectivity index (χ4v) is 2.01. The van der Waals surface area contributed by atoms with E-state index in [2.05, 4.69) is 22.4 Å². The van der Waals surface area contributed by atoms with Gasteiger partial charge >= 0.3 is 0 Å². The van der Waals surface area contributed by atoms with Gasteiger partial charge in [-0.1, -0.05) is 13.0 Å². The molecule has 1 aromatic carbocycles. The topological polar surface area (TPSA) is 94.1 Å². The fraction of sp³-hybridized carbons (Fsp3) is 0.429. The molecule has 2 rings (SSSR count). The van der Waals surface area contributed by atoms with Gasteiger partial charge in [-0.25, -0.2) is 0 Å². The average molecular weight is 290 g/mol. The van der Waals surface area contributed by atoms with Crippen LogP contribution in [0.1, 0.15) is 24.8 Å². The molecule has 0 radical (unpaired) electrons. The minimum Gasteiger partial charge on any atom is -0.421 e. The predicted octanol–water partition coefficient (Wildman–Crippen LogP) is 2.50. The maximum atomic E-state index is 10.9. The average Bonchev–Trinajstić information content (AvgIpc) is 2.92. The molecular weight excluding hydrogens is 272 g/mol. The summed E-state index contributed by atoms with van der Waals surface area (Å²) in [7, 11) is 0. The van der Waals surface area contributed by atoms with Crippen molar-refractivity contribution in [1.82, 2.24) is 15.5 Å². The lowest BCUT2D eigenvalue weighted by Crippen LogP contribution is -2.17. The van der Waals surface area contributed by atoms with E-state index in [0.29, 0.717) is 29.3 Å². The molecule has 0 aliphatic rings. The molecule has 0 spiro atoms. The molecule has 0 atom stereocenters. The van der Waals surface area contributed by atoms with Gasteiger partial charge in [0.2, 0.25) is 11.8 Å². The number of hydrogen-bond donors (Lipinski definition) is 1. The summed E-state index contributed by atoms with van der Waals surface area (Å²) in [4.78, 5) is 10.5. The van der Waals surface area contributed by atoms with E-state index in [-0.39, 0.29) is 5.69 Å². The van der Waals surface area contributed by atoms with Gasteiger partial charge in [-0.3, -0.25) is 10.1 Å². The van der Waals surface area contributed by atoms with Crippen molar-refractivity contribution in [3.8, 4) is 11.5 Å². The third kappa shape index (κ3) is 3.63. The zero-order valence-electron chi connectivity index (χ0n) is 12.1. The van der Waals surface area contributed by atoms with Crippen LogP contribution in [0.25, 0.3) is 11.5 Å². The van der Waals surface area contributed by atoms with Crippen molar-refractivity contribution in [1.29, 1.82) is 0 Å².